The molecule has 1 saturated heterocycles. The molecule has 0 amide bonds. The monoisotopic (exact) mass is 235 g/mol. The van der Waals surface area contributed by atoms with Gasteiger partial charge in [-0.1, -0.05) is 6.92 Å². The molecular weight excluding hydrogens is 214 g/mol. The molecule has 2 heterocycles. The van der Waals surface area contributed by atoms with E-state index in [1.165, 1.54) is 18.5 Å². The van der Waals surface area contributed by atoms with Gasteiger partial charge in [0.2, 0.25) is 0 Å². The van der Waals surface area contributed by atoms with E-state index in [1.807, 2.05) is 12.5 Å². The Morgan fingerprint density at radius 1 is 1.47 bits per heavy atom. The summed E-state index contributed by atoms with van der Waals surface area (Å²) in [4.78, 5) is 4.29. The van der Waals surface area contributed by atoms with Gasteiger partial charge in [-0.3, -0.25) is 0 Å². The van der Waals surface area contributed by atoms with Crippen LogP contribution in [-0.4, -0.2) is 28.7 Å². The van der Waals surface area contributed by atoms with Crippen molar-refractivity contribution in [3.8, 4) is 0 Å². The lowest BCUT2D eigenvalue weighted by Gasteiger charge is -2.30. The molecule has 0 spiro atoms. The molecule has 0 radical (unpaired) electrons. The molecule has 1 aliphatic heterocycles. The van der Waals surface area contributed by atoms with Gasteiger partial charge < -0.3 is 14.6 Å². The predicted molar refractivity (Wildman–Crippen MR) is 65.9 cm³/mol. The third-order valence-electron chi connectivity index (χ3n) is 3.74. The van der Waals surface area contributed by atoms with E-state index in [9.17, 15) is 0 Å². The van der Waals surface area contributed by atoms with Gasteiger partial charge in [-0.05, 0) is 32.2 Å². The number of imidazole rings is 1. The van der Waals surface area contributed by atoms with Gasteiger partial charge in [-0.2, -0.15) is 0 Å². The minimum Gasteiger partial charge on any atom is -0.372 e. The van der Waals surface area contributed by atoms with E-state index < -0.39 is 0 Å². The summed E-state index contributed by atoms with van der Waals surface area (Å²) in [7, 11) is 0. The van der Waals surface area contributed by atoms with Gasteiger partial charge >= 0.3 is 0 Å². The van der Waals surface area contributed by atoms with Crippen LogP contribution in [-0.2, 0) is 4.74 Å². The van der Waals surface area contributed by atoms with E-state index in [1.54, 1.807) is 0 Å². The minimum atomic E-state index is 0.232. The maximum atomic E-state index is 5.92. The molecule has 2 unspecified atom stereocenters. The highest BCUT2D eigenvalue weighted by Gasteiger charge is 2.31. The van der Waals surface area contributed by atoms with E-state index in [0.717, 1.165) is 26.0 Å². The van der Waals surface area contributed by atoms with Crippen molar-refractivity contribution in [3.05, 3.63) is 18.2 Å². The molecule has 1 saturated carbocycles. The zero-order chi connectivity index (χ0) is 11.7. The van der Waals surface area contributed by atoms with Crippen LogP contribution < -0.4 is 5.32 Å². The van der Waals surface area contributed by atoms with Crippen molar-refractivity contribution >= 4 is 0 Å². The Morgan fingerprint density at radius 3 is 3.12 bits per heavy atom. The summed E-state index contributed by atoms with van der Waals surface area (Å²) in [6, 6.07) is 1.29. The Balaban J connectivity index is 1.71. The molecule has 2 fully saturated rings. The van der Waals surface area contributed by atoms with Gasteiger partial charge in [0.25, 0.3) is 0 Å². The summed E-state index contributed by atoms with van der Waals surface area (Å²) in [5.41, 5.74) is 1.27. The molecule has 0 bridgehead atoms. The number of aromatic nitrogens is 2. The second-order valence-electron chi connectivity index (χ2n) is 5.10. The van der Waals surface area contributed by atoms with E-state index in [2.05, 4.69) is 21.8 Å². The molecule has 4 heteroatoms. The molecule has 1 aromatic rings. The fraction of sp³-hybridized carbons (Fsp3) is 0.769. The highest BCUT2D eigenvalue weighted by molar-refractivity contribution is 5.08. The van der Waals surface area contributed by atoms with Crippen LogP contribution >= 0.6 is 0 Å². The number of hydrogen-bond acceptors (Lipinski definition) is 3. The second-order valence-corrected chi connectivity index (χ2v) is 5.10. The average Bonchev–Trinajstić information content (AvgIpc) is 3.08. The number of nitrogens with zero attached hydrogens (tertiary/aromatic N) is 2. The second kappa shape index (κ2) is 4.78. The smallest absolute Gasteiger partial charge is 0.101 e. The number of hydrogen-bond donors (Lipinski definition) is 1. The lowest BCUT2D eigenvalue weighted by atomic mass is 10.0. The molecule has 3 rings (SSSR count). The number of ether oxygens (including phenoxy) is 1. The average molecular weight is 235 g/mol. The maximum Gasteiger partial charge on any atom is 0.101 e. The summed E-state index contributed by atoms with van der Waals surface area (Å²) >= 11 is 0. The maximum absolute atomic E-state index is 5.92. The van der Waals surface area contributed by atoms with Crippen molar-refractivity contribution in [2.24, 2.45) is 0 Å². The topological polar surface area (TPSA) is 39.1 Å². The van der Waals surface area contributed by atoms with Crippen LogP contribution in [0.5, 0.6) is 0 Å². The Bertz CT molecular complexity index is 370. The first kappa shape index (κ1) is 11.2. The van der Waals surface area contributed by atoms with Gasteiger partial charge in [0.15, 0.2) is 0 Å². The van der Waals surface area contributed by atoms with E-state index in [-0.39, 0.29) is 6.10 Å². The van der Waals surface area contributed by atoms with E-state index >= 15 is 0 Å². The quantitative estimate of drug-likeness (QED) is 0.868. The van der Waals surface area contributed by atoms with Crippen LogP contribution in [0.2, 0.25) is 0 Å². The molecule has 94 valence electrons. The summed E-state index contributed by atoms with van der Waals surface area (Å²) in [5.74, 6) is 0. The zero-order valence-corrected chi connectivity index (χ0v) is 10.4. The first-order valence-electron chi connectivity index (χ1n) is 6.75. The zero-order valence-electron chi connectivity index (χ0n) is 10.4. The first-order valence-corrected chi connectivity index (χ1v) is 6.75. The summed E-state index contributed by atoms with van der Waals surface area (Å²) in [5, 5.41) is 3.53. The predicted octanol–water partition coefficient (Wildman–Crippen LogP) is 2.05. The molecular formula is C13H21N3O. The molecule has 1 aromatic heterocycles. The summed E-state index contributed by atoms with van der Waals surface area (Å²) in [6.45, 7) is 4.07. The lowest BCUT2D eigenvalue weighted by molar-refractivity contribution is -0.00391. The summed E-state index contributed by atoms with van der Waals surface area (Å²) < 4.78 is 8.24. The molecule has 1 N–H and O–H groups in total. The van der Waals surface area contributed by atoms with Crippen LogP contribution in [0.15, 0.2) is 12.5 Å². The largest absolute Gasteiger partial charge is 0.372 e. The molecule has 4 nitrogen and oxygen atoms in total. The fourth-order valence-corrected chi connectivity index (χ4v) is 2.70. The third kappa shape index (κ3) is 2.38. The normalized spacial score (nSPS) is 29.5. The van der Waals surface area contributed by atoms with Crippen molar-refractivity contribution in [1.29, 1.82) is 0 Å². The standard InChI is InChI=1S/C13H21N3O/c1-2-15-10-5-6-17-13(7-10)12-8-14-9-16(12)11-3-4-11/h8-11,13,15H,2-7H2,1H3. The Labute approximate surface area is 102 Å². The van der Waals surface area contributed by atoms with Gasteiger partial charge in [0.05, 0.1) is 18.2 Å². The van der Waals surface area contributed by atoms with Crippen molar-refractivity contribution < 1.29 is 4.74 Å². The Kier molecular flexibility index (Phi) is 3.16. The first-order chi connectivity index (χ1) is 8.38. The van der Waals surface area contributed by atoms with Gasteiger partial charge in [-0.15, -0.1) is 0 Å². The highest BCUT2D eigenvalue weighted by Crippen LogP contribution is 2.39. The third-order valence-corrected chi connectivity index (χ3v) is 3.74. The SMILES string of the molecule is CCNC1CCOC(c2cncn2C2CC2)C1. The summed E-state index contributed by atoms with van der Waals surface area (Å²) in [6.07, 6.45) is 8.98. The Hall–Kier alpha value is -0.870. The number of nitrogens with one attached hydrogen (secondary N) is 1. The van der Waals surface area contributed by atoms with Crippen LogP contribution in [0.1, 0.15) is 50.4 Å². The van der Waals surface area contributed by atoms with Crippen LogP contribution in [0.4, 0.5) is 0 Å². The molecule has 2 atom stereocenters. The number of rotatable bonds is 4. The van der Waals surface area contributed by atoms with Crippen molar-refractivity contribution in [1.82, 2.24) is 14.9 Å². The lowest BCUT2D eigenvalue weighted by Crippen LogP contribution is -2.36. The van der Waals surface area contributed by atoms with Crippen LogP contribution in [0.3, 0.4) is 0 Å². The van der Waals surface area contributed by atoms with Crippen LogP contribution in [0.25, 0.3) is 0 Å². The van der Waals surface area contributed by atoms with Crippen molar-refractivity contribution in [2.75, 3.05) is 13.2 Å². The molecule has 17 heavy (non-hydrogen) atoms. The van der Waals surface area contributed by atoms with Crippen molar-refractivity contribution in [3.63, 3.8) is 0 Å². The van der Waals surface area contributed by atoms with Gasteiger partial charge in [-0.25, -0.2) is 4.98 Å². The Morgan fingerprint density at radius 2 is 2.35 bits per heavy atom. The highest BCUT2D eigenvalue weighted by atomic mass is 16.5. The van der Waals surface area contributed by atoms with Crippen molar-refractivity contribution in [2.45, 2.75) is 50.8 Å². The van der Waals surface area contributed by atoms with E-state index in [0.29, 0.717) is 12.1 Å². The van der Waals surface area contributed by atoms with E-state index in [4.69, 9.17) is 4.74 Å². The molecule has 1 aliphatic carbocycles. The minimum absolute atomic E-state index is 0.232. The fourth-order valence-electron chi connectivity index (χ4n) is 2.70. The van der Waals surface area contributed by atoms with Gasteiger partial charge in [0.1, 0.15) is 6.10 Å². The van der Waals surface area contributed by atoms with Gasteiger partial charge in [0, 0.05) is 18.7 Å². The molecule has 0 aromatic carbocycles. The molecule has 2 aliphatic rings. The van der Waals surface area contributed by atoms with Crippen LogP contribution in [0, 0.1) is 0 Å².